The average Bonchev–Trinajstić information content (AvgIpc) is 3.24. The molecule has 1 aliphatic heterocycles. The fourth-order valence-electron chi connectivity index (χ4n) is 3.40. The normalized spacial score (nSPS) is 16.7. The Balaban J connectivity index is 1.75. The third kappa shape index (κ3) is 3.52. The Kier molecular flexibility index (Phi) is 5.29. The quantitative estimate of drug-likeness (QED) is 0.700. The van der Waals surface area contributed by atoms with Gasteiger partial charge in [-0.2, -0.15) is 4.52 Å². The lowest BCUT2D eigenvalue weighted by atomic mass is 10.0. The van der Waals surface area contributed by atoms with Gasteiger partial charge in [-0.05, 0) is 24.6 Å². The maximum absolute atomic E-state index is 10.9. The van der Waals surface area contributed by atoms with Crippen LogP contribution in [0.5, 0.6) is 11.6 Å². The zero-order chi connectivity index (χ0) is 18.8. The molecule has 144 valence electrons. The fourth-order valence-corrected chi connectivity index (χ4v) is 4.53. The Morgan fingerprint density at radius 3 is 2.59 bits per heavy atom. The number of fused-ring (bicyclic) bond motifs is 1. The van der Waals surface area contributed by atoms with Crippen LogP contribution in [-0.2, 0) is 11.2 Å². The Hall–Kier alpha value is -2.16. The number of nitrogens with zero attached hydrogens (tertiary/aromatic N) is 4. The van der Waals surface area contributed by atoms with Crippen LogP contribution in [0.15, 0.2) is 24.3 Å². The Morgan fingerprint density at radius 2 is 1.96 bits per heavy atom. The molecule has 0 spiro atoms. The van der Waals surface area contributed by atoms with E-state index in [-0.39, 0.29) is 11.9 Å². The van der Waals surface area contributed by atoms with Crippen LogP contribution in [0.4, 0.5) is 0 Å². The molecule has 1 N–H and O–H groups in total. The first-order valence-corrected chi connectivity index (χ1v) is 10.1. The minimum Gasteiger partial charge on any atom is -0.494 e. The molecular formula is C19H24N4O3S. The van der Waals surface area contributed by atoms with Crippen LogP contribution >= 0.6 is 11.3 Å². The molecule has 8 heteroatoms. The van der Waals surface area contributed by atoms with Crippen molar-refractivity contribution >= 4 is 16.3 Å². The highest BCUT2D eigenvalue weighted by Gasteiger charge is 2.30. The van der Waals surface area contributed by atoms with Gasteiger partial charge < -0.3 is 14.6 Å². The van der Waals surface area contributed by atoms with Crippen molar-refractivity contribution in [2.24, 2.45) is 0 Å². The highest BCUT2D eigenvalue weighted by Crippen LogP contribution is 2.40. The molecule has 0 amide bonds. The van der Waals surface area contributed by atoms with Crippen LogP contribution in [0.25, 0.3) is 4.96 Å². The van der Waals surface area contributed by atoms with Gasteiger partial charge in [-0.1, -0.05) is 30.4 Å². The van der Waals surface area contributed by atoms with Crippen molar-refractivity contribution in [3.63, 3.8) is 0 Å². The summed E-state index contributed by atoms with van der Waals surface area (Å²) >= 11 is 1.50. The van der Waals surface area contributed by atoms with E-state index < -0.39 is 0 Å². The molecule has 4 rings (SSSR count). The van der Waals surface area contributed by atoms with E-state index in [1.807, 2.05) is 26.0 Å². The summed E-state index contributed by atoms with van der Waals surface area (Å²) in [6.45, 7) is 7.62. The van der Waals surface area contributed by atoms with Gasteiger partial charge in [0.2, 0.25) is 10.8 Å². The Morgan fingerprint density at radius 1 is 1.22 bits per heavy atom. The standard InChI is InChI=1S/C19H24N4O3S/c1-3-15-20-19-23(21-15)18(24)17(27-19)16(22-9-11-25-12-10-22)13-5-7-14(8-6-13)26-4-2/h5-8,16,24H,3-4,9-12H2,1-2H3/t16-/m1/s1. The van der Waals surface area contributed by atoms with E-state index in [0.29, 0.717) is 19.8 Å². The van der Waals surface area contributed by atoms with Gasteiger partial charge in [0.05, 0.1) is 30.7 Å². The number of aromatic nitrogens is 3. The number of ether oxygens (including phenoxy) is 2. The zero-order valence-electron chi connectivity index (χ0n) is 15.6. The first kappa shape index (κ1) is 18.2. The lowest BCUT2D eigenvalue weighted by Gasteiger charge is -2.34. The summed E-state index contributed by atoms with van der Waals surface area (Å²) in [7, 11) is 0. The van der Waals surface area contributed by atoms with Gasteiger partial charge >= 0.3 is 0 Å². The molecule has 2 aromatic heterocycles. The minimum absolute atomic E-state index is 0.0665. The third-order valence-electron chi connectivity index (χ3n) is 4.73. The molecule has 3 aromatic rings. The molecule has 3 heterocycles. The second-order valence-electron chi connectivity index (χ2n) is 6.42. The van der Waals surface area contributed by atoms with E-state index in [1.165, 1.54) is 11.3 Å². The van der Waals surface area contributed by atoms with Crippen LogP contribution in [0.3, 0.4) is 0 Å². The topological polar surface area (TPSA) is 72.1 Å². The summed E-state index contributed by atoms with van der Waals surface area (Å²) in [5.74, 6) is 1.76. The van der Waals surface area contributed by atoms with E-state index in [0.717, 1.165) is 46.5 Å². The summed E-state index contributed by atoms with van der Waals surface area (Å²) in [5.41, 5.74) is 1.11. The van der Waals surface area contributed by atoms with Crippen LogP contribution in [-0.4, -0.2) is 57.5 Å². The van der Waals surface area contributed by atoms with Crippen LogP contribution in [0.2, 0.25) is 0 Å². The van der Waals surface area contributed by atoms with Crippen LogP contribution < -0.4 is 4.74 Å². The molecule has 1 aliphatic rings. The first-order chi connectivity index (χ1) is 13.2. The van der Waals surface area contributed by atoms with E-state index in [1.54, 1.807) is 4.52 Å². The summed E-state index contributed by atoms with van der Waals surface area (Å²) in [6, 6.07) is 8.03. The van der Waals surface area contributed by atoms with E-state index in [4.69, 9.17) is 9.47 Å². The summed E-state index contributed by atoms with van der Waals surface area (Å²) < 4.78 is 12.7. The highest BCUT2D eigenvalue weighted by molar-refractivity contribution is 7.17. The maximum Gasteiger partial charge on any atom is 0.230 e. The smallest absolute Gasteiger partial charge is 0.230 e. The fraction of sp³-hybridized carbons (Fsp3) is 0.474. The molecule has 0 unspecified atom stereocenters. The van der Waals surface area contributed by atoms with Crippen molar-refractivity contribution in [2.45, 2.75) is 26.3 Å². The second kappa shape index (κ2) is 7.84. The first-order valence-electron chi connectivity index (χ1n) is 9.33. The molecule has 0 radical (unpaired) electrons. The summed E-state index contributed by atoms with van der Waals surface area (Å²) in [4.78, 5) is 8.44. The minimum atomic E-state index is -0.0665. The number of thiazole rings is 1. The average molecular weight is 388 g/mol. The maximum atomic E-state index is 10.9. The van der Waals surface area contributed by atoms with Crippen LogP contribution in [0, 0.1) is 0 Å². The van der Waals surface area contributed by atoms with Crippen molar-refractivity contribution < 1.29 is 14.6 Å². The molecule has 1 aromatic carbocycles. The number of benzene rings is 1. The number of aryl methyl sites for hydroxylation is 1. The van der Waals surface area contributed by atoms with Gasteiger partial charge in [0.1, 0.15) is 5.75 Å². The summed E-state index contributed by atoms with van der Waals surface area (Å²) in [5, 5.41) is 15.3. The lowest BCUT2D eigenvalue weighted by Crippen LogP contribution is -2.39. The SMILES string of the molecule is CCOc1ccc([C@H](c2sc3nc(CC)nn3c2O)N2CCOCC2)cc1. The Bertz CT molecular complexity index is 900. The highest BCUT2D eigenvalue weighted by atomic mass is 32.1. The molecule has 1 fully saturated rings. The van der Waals surface area contributed by atoms with Crippen molar-refractivity contribution in [3.8, 4) is 11.6 Å². The zero-order valence-corrected chi connectivity index (χ0v) is 16.4. The molecule has 1 atom stereocenters. The van der Waals surface area contributed by atoms with Crippen molar-refractivity contribution in [1.82, 2.24) is 19.5 Å². The molecule has 1 saturated heterocycles. The third-order valence-corrected chi connectivity index (χ3v) is 5.80. The van der Waals surface area contributed by atoms with Crippen molar-refractivity contribution in [2.75, 3.05) is 32.9 Å². The predicted octanol–water partition coefficient (Wildman–Crippen LogP) is 2.88. The van der Waals surface area contributed by atoms with E-state index in [2.05, 4.69) is 27.1 Å². The molecule has 0 saturated carbocycles. The monoisotopic (exact) mass is 388 g/mol. The van der Waals surface area contributed by atoms with Crippen molar-refractivity contribution in [3.05, 3.63) is 40.5 Å². The number of hydrogen-bond acceptors (Lipinski definition) is 7. The van der Waals surface area contributed by atoms with Crippen LogP contribution in [0.1, 0.15) is 36.2 Å². The van der Waals surface area contributed by atoms with E-state index >= 15 is 0 Å². The Labute approximate surface area is 162 Å². The molecule has 0 bridgehead atoms. The van der Waals surface area contributed by atoms with Crippen molar-refractivity contribution in [1.29, 1.82) is 0 Å². The molecular weight excluding hydrogens is 364 g/mol. The predicted molar refractivity (Wildman–Crippen MR) is 104 cm³/mol. The number of hydrogen-bond donors (Lipinski definition) is 1. The second-order valence-corrected chi connectivity index (χ2v) is 7.43. The molecule has 7 nitrogen and oxygen atoms in total. The van der Waals surface area contributed by atoms with Gasteiger partial charge in [0.15, 0.2) is 5.82 Å². The van der Waals surface area contributed by atoms with Gasteiger partial charge in [-0.25, -0.2) is 4.98 Å². The van der Waals surface area contributed by atoms with Gasteiger partial charge in [-0.3, -0.25) is 4.90 Å². The number of morpholine rings is 1. The lowest BCUT2D eigenvalue weighted by molar-refractivity contribution is 0.0241. The van der Waals surface area contributed by atoms with Gasteiger partial charge in [0, 0.05) is 19.5 Å². The molecule has 27 heavy (non-hydrogen) atoms. The van der Waals surface area contributed by atoms with Gasteiger partial charge in [-0.15, -0.1) is 5.10 Å². The van der Waals surface area contributed by atoms with Gasteiger partial charge in [0.25, 0.3) is 0 Å². The largest absolute Gasteiger partial charge is 0.494 e. The number of rotatable bonds is 6. The summed E-state index contributed by atoms with van der Waals surface area (Å²) in [6.07, 6.45) is 0.745. The number of aromatic hydroxyl groups is 1. The van der Waals surface area contributed by atoms with E-state index in [9.17, 15) is 5.11 Å². The molecule has 0 aliphatic carbocycles.